The molecule has 2 aliphatic rings. The van der Waals surface area contributed by atoms with E-state index in [4.69, 9.17) is 0 Å². The minimum absolute atomic E-state index is 0.772. The van der Waals surface area contributed by atoms with Gasteiger partial charge in [-0.2, -0.15) is 0 Å². The molecule has 1 aromatic heterocycles. The Morgan fingerprint density at radius 2 is 2.00 bits per heavy atom. The van der Waals surface area contributed by atoms with E-state index in [1.165, 1.54) is 44.3 Å². The fraction of sp³-hybridized carbons (Fsp3) is 0.800. The Morgan fingerprint density at radius 1 is 1.16 bits per heavy atom. The van der Waals surface area contributed by atoms with Gasteiger partial charge in [0.25, 0.3) is 0 Å². The molecule has 4 heteroatoms. The lowest BCUT2D eigenvalue weighted by Gasteiger charge is -2.28. The Morgan fingerprint density at radius 3 is 2.84 bits per heavy atom. The van der Waals surface area contributed by atoms with Crippen molar-refractivity contribution in [3.8, 4) is 0 Å². The Hall–Kier alpha value is -0.870. The van der Waals surface area contributed by atoms with Gasteiger partial charge < -0.3 is 9.88 Å². The van der Waals surface area contributed by atoms with Crippen LogP contribution in [0.15, 0.2) is 12.4 Å². The second kappa shape index (κ2) is 6.53. The first-order valence-corrected chi connectivity index (χ1v) is 7.87. The van der Waals surface area contributed by atoms with Crippen LogP contribution in [0.3, 0.4) is 0 Å². The SMILES string of the molecule is c1cn2c(n1)CN(CCNC1CCCCCC1)CC2. The molecule has 1 aliphatic heterocycles. The summed E-state index contributed by atoms with van der Waals surface area (Å²) in [6, 6.07) is 0.772. The number of nitrogens with zero attached hydrogens (tertiary/aromatic N) is 3. The van der Waals surface area contributed by atoms with E-state index >= 15 is 0 Å². The Bertz CT molecular complexity index is 379. The third-order valence-electron chi connectivity index (χ3n) is 4.54. The fourth-order valence-corrected chi connectivity index (χ4v) is 3.32. The van der Waals surface area contributed by atoms with Crippen molar-refractivity contribution in [1.82, 2.24) is 19.8 Å². The van der Waals surface area contributed by atoms with Crippen LogP contribution in [0.1, 0.15) is 44.3 Å². The monoisotopic (exact) mass is 262 g/mol. The van der Waals surface area contributed by atoms with Gasteiger partial charge in [0.2, 0.25) is 0 Å². The molecule has 1 N–H and O–H groups in total. The van der Waals surface area contributed by atoms with Gasteiger partial charge in [-0.05, 0) is 12.8 Å². The van der Waals surface area contributed by atoms with Crippen LogP contribution in [0.2, 0.25) is 0 Å². The molecule has 0 aromatic carbocycles. The summed E-state index contributed by atoms with van der Waals surface area (Å²) >= 11 is 0. The predicted octanol–water partition coefficient (Wildman–Crippen LogP) is 2.01. The maximum absolute atomic E-state index is 4.42. The van der Waals surface area contributed by atoms with Crippen molar-refractivity contribution in [3.05, 3.63) is 18.2 Å². The molecule has 1 aromatic rings. The van der Waals surface area contributed by atoms with Crippen molar-refractivity contribution < 1.29 is 0 Å². The summed E-state index contributed by atoms with van der Waals surface area (Å²) in [6.07, 6.45) is 12.5. The summed E-state index contributed by atoms with van der Waals surface area (Å²) in [5.41, 5.74) is 0. The highest BCUT2D eigenvalue weighted by molar-refractivity contribution is 4.95. The zero-order chi connectivity index (χ0) is 12.9. The van der Waals surface area contributed by atoms with Crippen LogP contribution in [-0.4, -0.2) is 40.1 Å². The number of fused-ring (bicyclic) bond motifs is 1. The molecule has 1 fully saturated rings. The minimum Gasteiger partial charge on any atom is -0.333 e. The number of nitrogens with one attached hydrogen (secondary N) is 1. The molecule has 4 nitrogen and oxygen atoms in total. The van der Waals surface area contributed by atoms with Crippen LogP contribution in [0.4, 0.5) is 0 Å². The molecule has 2 heterocycles. The lowest BCUT2D eigenvalue weighted by molar-refractivity contribution is 0.213. The largest absolute Gasteiger partial charge is 0.333 e. The van der Waals surface area contributed by atoms with Crippen molar-refractivity contribution in [2.24, 2.45) is 0 Å². The van der Waals surface area contributed by atoms with Gasteiger partial charge in [0.15, 0.2) is 0 Å². The molecular formula is C15H26N4. The normalized spacial score (nSPS) is 22.1. The maximum atomic E-state index is 4.42. The third kappa shape index (κ3) is 3.57. The molecular weight excluding hydrogens is 236 g/mol. The first-order valence-electron chi connectivity index (χ1n) is 7.87. The van der Waals surface area contributed by atoms with E-state index in [-0.39, 0.29) is 0 Å². The Labute approximate surface area is 116 Å². The molecule has 1 aliphatic carbocycles. The van der Waals surface area contributed by atoms with Crippen molar-refractivity contribution in [2.75, 3.05) is 19.6 Å². The molecule has 0 amide bonds. The van der Waals surface area contributed by atoms with Crippen LogP contribution in [0.5, 0.6) is 0 Å². The van der Waals surface area contributed by atoms with Crippen LogP contribution in [0, 0.1) is 0 Å². The molecule has 0 spiro atoms. The van der Waals surface area contributed by atoms with Crippen LogP contribution in [-0.2, 0) is 13.1 Å². The first-order chi connectivity index (χ1) is 9.42. The van der Waals surface area contributed by atoms with Crippen LogP contribution < -0.4 is 5.32 Å². The molecule has 3 rings (SSSR count). The molecule has 0 saturated heterocycles. The van der Waals surface area contributed by atoms with E-state index in [0.29, 0.717) is 0 Å². The smallest absolute Gasteiger partial charge is 0.122 e. The second-order valence-corrected chi connectivity index (χ2v) is 5.96. The highest BCUT2D eigenvalue weighted by Crippen LogP contribution is 2.17. The van der Waals surface area contributed by atoms with Gasteiger partial charge in [-0.15, -0.1) is 0 Å². The molecule has 1 saturated carbocycles. The van der Waals surface area contributed by atoms with Crippen molar-refractivity contribution in [3.63, 3.8) is 0 Å². The number of aromatic nitrogens is 2. The molecule has 106 valence electrons. The zero-order valence-corrected chi connectivity index (χ0v) is 11.9. The van der Waals surface area contributed by atoms with Gasteiger partial charge in [0.1, 0.15) is 5.82 Å². The van der Waals surface area contributed by atoms with Gasteiger partial charge >= 0.3 is 0 Å². The molecule has 19 heavy (non-hydrogen) atoms. The average molecular weight is 262 g/mol. The van der Waals surface area contributed by atoms with Crippen LogP contribution in [0.25, 0.3) is 0 Å². The highest BCUT2D eigenvalue weighted by Gasteiger charge is 2.16. The van der Waals surface area contributed by atoms with E-state index in [1.54, 1.807) is 0 Å². The zero-order valence-electron chi connectivity index (χ0n) is 11.9. The quantitative estimate of drug-likeness (QED) is 0.843. The second-order valence-electron chi connectivity index (χ2n) is 5.96. The highest BCUT2D eigenvalue weighted by atomic mass is 15.2. The summed E-state index contributed by atoms with van der Waals surface area (Å²) in [6.45, 7) is 5.56. The number of rotatable bonds is 4. The van der Waals surface area contributed by atoms with E-state index in [1.807, 2.05) is 6.20 Å². The summed E-state index contributed by atoms with van der Waals surface area (Å²) in [4.78, 5) is 6.94. The van der Waals surface area contributed by atoms with Gasteiger partial charge in [-0.25, -0.2) is 4.98 Å². The predicted molar refractivity (Wildman–Crippen MR) is 77.0 cm³/mol. The first kappa shape index (κ1) is 13.1. The van der Waals surface area contributed by atoms with Gasteiger partial charge in [0, 0.05) is 44.6 Å². The number of hydrogen-bond donors (Lipinski definition) is 1. The van der Waals surface area contributed by atoms with Gasteiger partial charge in [0.05, 0.1) is 6.54 Å². The maximum Gasteiger partial charge on any atom is 0.122 e. The minimum atomic E-state index is 0.772. The average Bonchev–Trinajstić information content (AvgIpc) is 2.74. The lowest BCUT2D eigenvalue weighted by atomic mass is 10.1. The molecule has 0 unspecified atom stereocenters. The Balaban J connectivity index is 1.38. The van der Waals surface area contributed by atoms with Crippen LogP contribution >= 0.6 is 0 Å². The molecule has 0 atom stereocenters. The number of imidazole rings is 1. The van der Waals surface area contributed by atoms with Gasteiger partial charge in [-0.3, -0.25) is 4.90 Å². The standard InChI is InChI=1S/C15H26N4/c1-2-4-6-14(5-3-1)16-7-9-18-11-12-19-10-8-17-15(19)13-18/h8,10,14,16H,1-7,9,11-13H2. The van der Waals surface area contributed by atoms with E-state index in [9.17, 15) is 0 Å². The molecule has 0 bridgehead atoms. The topological polar surface area (TPSA) is 33.1 Å². The van der Waals surface area contributed by atoms with Crippen molar-refractivity contribution in [2.45, 2.75) is 57.7 Å². The van der Waals surface area contributed by atoms with Crippen molar-refractivity contribution >= 4 is 0 Å². The molecule has 0 radical (unpaired) electrons. The van der Waals surface area contributed by atoms with Crippen molar-refractivity contribution in [1.29, 1.82) is 0 Å². The summed E-state index contributed by atoms with van der Waals surface area (Å²) in [5, 5.41) is 3.76. The summed E-state index contributed by atoms with van der Waals surface area (Å²) in [5.74, 6) is 1.22. The fourth-order valence-electron chi connectivity index (χ4n) is 3.32. The van der Waals surface area contributed by atoms with E-state index in [0.717, 1.165) is 38.8 Å². The van der Waals surface area contributed by atoms with E-state index in [2.05, 4.69) is 26.0 Å². The Kier molecular flexibility index (Phi) is 4.51. The third-order valence-corrected chi connectivity index (χ3v) is 4.54. The van der Waals surface area contributed by atoms with Gasteiger partial charge in [-0.1, -0.05) is 25.7 Å². The summed E-state index contributed by atoms with van der Waals surface area (Å²) < 4.78 is 2.27. The lowest BCUT2D eigenvalue weighted by Crippen LogP contribution is -2.40. The number of hydrogen-bond acceptors (Lipinski definition) is 3. The van der Waals surface area contributed by atoms with E-state index < -0.39 is 0 Å². The summed E-state index contributed by atoms with van der Waals surface area (Å²) in [7, 11) is 0.